The molecule has 142 valence electrons. The van der Waals surface area contributed by atoms with Crippen molar-refractivity contribution in [3.8, 4) is 0 Å². The fourth-order valence-corrected chi connectivity index (χ4v) is 3.35. The lowest BCUT2D eigenvalue weighted by molar-refractivity contribution is -0.133. The minimum absolute atomic E-state index is 0.401. The molecule has 7 nitrogen and oxygen atoms in total. The van der Waals surface area contributed by atoms with Crippen molar-refractivity contribution in [1.29, 1.82) is 0 Å². The normalized spacial score (nSPS) is 19.4. The van der Waals surface area contributed by atoms with E-state index >= 15 is 0 Å². The molecule has 2 aromatic rings. The van der Waals surface area contributed by atoms with Crippen LogP contribution in [0.15, 0.2) is 28.7 Å². The van der Waals surface area contributed by atoms with Crippen molar-refractivity contribution in [2.24, 2.45) is 0 Å². The van der Waals surface area contributed by atoms with Crippen LogP contribution in [0.5, 0.6) is 0 Å². The van der Waals surface area contributed by atoms with E-state index in [0.29, 0.717) is 27.8 Å². The maximum absolute atomic E-state index is 12.9. The quantitative estimate of drug-likeness (QED) is 0.785. The van der Waals surface area contributed by atoms with Crippen LogP contribution >= 0.6 is 11.6 Å². The Morgan fingerprint density at radius 3 is 2.56 bits per heavy atom. The van der Waals surface area contributed by atoms with Gasteiger partial charge in [0.25, 0.3) is 5.91 Å². The molecule has 1 atom stereocenters. The molecular formula is C19H20ClN3O4. The predicted octanol–water partition coefficient (Wildman–Crippen LogP) is 3.26. The van der Waals surface area contributed by atoms with Crippen LogP contribution in [0.4, 0.5) is 10.5 Å². The molecule has 8 heteroatoms. The van der Waals surface area contributed by atoms with Crippen molar-refractivity contribution in [1.82, 2.24) is 10.2 Å². The summed E-state index contributed by atoms with van der Waals surface area (Å²) < 4.78 is 5.48. The van der Waals surface area contributed by atoms with E-state index in [1.54, 1.807) is 45.0 Å². The van der Waals surface area contributed by atoms with Gasteiger partial charge in [-0.05, 0) is 51.5 Å². The SMILES string of the molecule is Cc1cc(C2(C)NC(=O)N(CC(=O)Nc3ccc(C)c(Cl)c3)C2=O)c(C)o1. The molecule has 0 bridgehead atoms. The highest BCUT2D eigenvalue weighted by Gasteiger charge is 2.51. The maximum Gasteiger partial charge on any atom is 0.325 e. The highest BCUT2D eigenvalue weighted by molar-refractivity contribution is 6.31. The van der Waals surface area contributed by atoms with Gasteiger partial charge in [-0.25, -0.2) is 4.79 Å². The van der Waals surface area contributed by atoms with Crippen LogP contribution < -0.4 is 10.6 Å². The zero-order valence-electron chi connectivity index (χ0n) is 15.5. The number of amides is 4. The van der Waals surface area contributed by atoms with Crippen molar-refractivity contribution in [2.45, 2.75) is 33.2 Å². The third kappa shape index (κ3) is 3.42. The van der Waals surface area contributed by atoms with E-state index in [4.69, 9.17) is 16.0 Å². The Morgan fingerprint density at radius 2 is 1.96 bits per heavy atom. The zero-order valence-corrected chi connectivity index (χ0v) is 16.2. The van der Waals surface area contributed by atoms with Crippen molar-refractivity contribution in [3.63, 3.8) is 0 Å². The molecule has 0 aliphatic carbocycles. The maximum atomic E-state index is 12.9. The van der Waals surface area contributed by atoms with E-state index in [0.717, 1.165) is 10.5 Å². The number of furan rings is 1. The molecule has 0 radical (unpaired) electrons. The van der Waals surface area contributed by atoms with Gasteiger partial charge in [-0.3, -0.25) is 14.5 Å². The standard InChI is InChI=1S/C19H20ClN3O4/c1-10-5-6-13(8-15(10)20)21-16(24)9-23-17(25)19(4,22-18(23)26)14-7-11(2)27-12(14)3/h5-8H,9H2,1-4H3,(H,21,24)(H,22,26). The molecule has 1 aromatic carbocycles. The van der Waals surface area contributed by atoms with Crippen LogP contribution in [0.2, 0.25) is 5.02 Å². The van der Waals surface area contributed by atoms with E-state index in [1.807, 2.05) is 6.92 Å². The van der Waals surface area contributed by atoms with Gasteiger partial charge < -0.3 is 15.1 Å². The van der Waals surface area contributed by atoms with Crippen LogP contribution in [0, 0.1) is 20.8 Å². The minimum Gasteiger partial charge on any atom is -0.466 e. The highest BCUT2D eigenvalue weighted by atomic mass is 35.5. The van der Waals surface area contributed by atoms with E-state index in [-0.39, 0.29) is 0 Å². The fourth-order valence-electron chi connectivity index (χ4n) is 3.17. The van der Waals surface area contributed by atoms with E-state index in [1.165, 1.54) is 0 Å². The Morgan fingerprint density at radius 1 is 1.26 bits per heavy atom. The lowest BCUT2D eigenvalue weighted by Gasteiger charge is -2.21. The smallest absolute Gasteiger partial charge is 0.325 e. The average molecular weight is 390 g/mol. The van der Waals surface area contributed by atoms with Crippen LogP contribution in [0.25, 0.3) is 0 Å². The van der Waals surface area contributed by atoms with Crippen molar-refractivity contribution < 1.29 is 18.8 Å². The molecule has 1 aromatic heterocycles. The molecule has 1 fully saturated rings. The minimum atomic E-state index is -1.27. The summed E-state index contributed by atoms with van der Waals surface area (Å²) in [6, 6.07) is 6.17. The van der Waals surface area contributed by atoms with Gasteiger partial charge in [0.1, 0.15) is 23.6 Å². The zero-order chi connectivity index (χ0) is 19.9. The molecular weight excluding hydrogens is 370 g/mol. The second kappa shape index (κ2) is 6.74. The lowest BCUT2D eigenvalue weighted by Crippen LogP contribution is -2.42. The number of carbonyl (C=O) groups is 3. The van der Waals surface area contributed by atoms with Gasteiger partial charge in [0.2, 0.25) is 5.91 Å². The highest BCUT2D eigenvalue weighted by Crippen LogP contribution is 2.32. The number of urea groups is 1. The van der Waals surface area contributed by atoms with E-state index in [2.05, 4.69) is 10.6 Å². The molecule has 2 heterocycles. The number of imide groups is 1. The number of nitrogens with zero attached hydrogens (tertiary/aromatic N) is 1. The largest absolute Gasteiger partial charge is 0.466 e. The Kier molecular flexibility index (Phi) is 4.73. The Balaban J connectivity index is 1.76. The molecule has 1 aliphatic rings. The van der Waals surface area contributed by atoms with Crippen LogP contribution in [0.3, 0.4) is 0 Å². The lowest BCUT2D eigenvalue weighted by atomic mass is 9.92. The summed E-state index contributed by atoms with van der Waals surface area (Å²) in [5, 5.41) is 5.82. The molecule has 0 spiro atoms. The number of halogens is 1. The number of carbonyl (C=O) groups excluding carboxylic acids is 3. The first-order valence-electron chi connectivity index (χ1n) is 8.39. The Hall–Kier alpha value is -2.80. The number of anilines is 1. The monoisotopic (exact) mass is 389 g/mol. The molecule has 4 amide bonds. The topological polar surface area (TPSA) is 91.7 Å². The van der Waals surface area contributed by atoms with E-state index < -0.39 is 29.9 Å². The second-order valence-electron chi connectivity index (χ2n) is 6.79. The summed E-state index contributed by atoms with van der Waals surface area (Å²) in [5.74, 6) is 0.179. The third-order valence-corrected chi connectivity index (χ3v) is 5.02. The number of benzene rings is 1. The van der Waals surface area contributed by atoms with Gasteiger partial charge in [-0.1, -0.05) is 17.7 Å². The summed E-state index contributed by atoms with van der Waals surface area (Å²) in [7, 11) is 0. The van der Waals surface area contributed by atoms with Gasteiger partial charge in [-0.15, -0.1) is 0 Å². The molecule has 1 unspecified atom stereocenters. The Labute approximate surface area is 161 Å². The molecule has 1 aliphatic heterocycles. The van der Waals surface area contributed by atoms with Gasteiger partial charge in [0.15, 0.2) is 0 Å². The van der Waals surface area contributed by atoms with E-state index in [9.17, 15) is 14.4 Å². The number of aryl methyl sites for hydroxylation is 3. The van der Waals surface area contributed by atoms with Crippen molar-refractivity contribution in [2.75, 3.05) is 11.9 Å². The van der Waals surface area contributed by atoms with Crippen LogP contribution in [-0.2, 0) is 15.1 Å². The number of hydrogen-bond donors (Lipinski definition) is 2. The molecule has 3 rings (SSSR count). The summed E-state index contributed by atoms with van der Waals surface area (Å²) in [5.41, 5.74) is 0.676. The second-order valence-corrected chi connectivity index (χ2v) is 7.19. The molecule has 2 N–H and O–H groups in total. The number of nitrogens with one attached hydrogen (secondary N) is 2. The van der Waals surface area contributed by atoms with Crippen LogP contribution in [0.1, 0.15) is 29.6 Å². The number of rotatable bonds is 4. The average Bonchev–Trinajstić information content (AvgIpc) is 3.03. The first-order valence-corrected chi connectivity index (χ1v) is 8.77. The van der Waals surface area contributed by atoms with Gasteiger partial charge in [0.05, 0.1) is 0 Å². The summed E-state index contributed by atoms with van der Waals surface area (Å²) in [6.07, 6.45) is 0. The fraction of sp³-hybridized carbons (Fsp3) is 0.316. The van der Waals surface area contributed by atoms with Crippen molar-refractivity contribution >= 4 is 35.1 Å². The first-order chi connectivity index (χ1) is 12.6. The van der Waals surface area contributed by atoms with Crippen molar-refractivity contribution in [3.05, 3.63) is 51.9 Å². The third-order valence-electron chi connectivity index (χ3n) is 4.61. The summed E-state index contributed by atoms with van der Waals surface area (Å²) in [6.45, 7) is 6.54. The molecule has 1 saturated heterocycles. The summed E-state index contributed by atoms with van der Waals surface area (Å²) >= 11 is 6.05. The van der Waals surface area contributed by atoms with Gasteiger partial charge in [0, 0.05) is 16.3 Å². The van der Waals surface area contributed by atoms with Crippen LogP contribution in [-0.4, -0.2) is 29.3 Å². The Bertz CT molecular complexity index is 952. The molecule has 27 heavy (non-hydrogen) atoms. The number of hydrogen-bond acceptors (Lipinski definition) is 4. The summed E-state index contributed by atoms with van der Waals surface area (Å²) in [4.78, 5) is 38.5. The first kappa shape index (κ1) is 19.0. The predicted molar refractivity (Wildman–Crippen MR) is 101 cm³/mol. The van der Waals surface area contributed by atoms with Gasteiger partial charge >= 0.3 is 6.03 Å². The molecule has 0 saturated carbocycles. The van der Waals surface area contributed by atoms with Gasteiger partial charge in [-0.2, -0.15) is 0 Å².